The zero-order valence-corrected chi connectivity index (χ0v) is 23.4. The van der Waals surface area contributed by atoms with Gasteiger partial charge >= 0.3 is 22.5 Å². The molecule has 0 heterocycles. The van der Waals surface area contributed by atoms with Crippen LogP contribution in [0.2, 0.25) is 0 Å². The van der Waals surface area contributed by atoms with Crippen molar-refractivity contribution in [1.82, 2.24) is 10.3 Å². The van der Waals surface area contributed by atoms with Gasteiger partial charge < -0.3 is 15.7 Å². The summed E-state index contributed by atoms with van der Waals surface area (Å²) in [7, 11) is -2.89. The van der Waals surface area contributed by atoms with Crippen LogP contribution in [0.15, 0.2) is 53.0 Å². The van der Waals surface area contributed by atoms with Gasteiger partial charge in [0.15, 0.2) is 0 Å². The number of rotatable bonds is 10. The molecule has 0 aromatic heterocycles. The molecule has 3 saturated carbocycles. The topological polar surface area (TPSA) is 145 Å². The van der Waals surface area contributed by atoms with Gasteiger partial charge in [0.05, 0.1) is 5.69 Å². The van der Waals surface area contributed by atoms with Crippen LogP contribution in [0.5, 0.6) is 0 Å². The molecule has 10 nitrogen and oxygen atoms in total. The summed E-state index contributed by atoms with van der Waals surface area (Å²) in [5, 5.41) is 17.2. The summed E-state index contributed by atoms with van der Waals surface area (Å²) in [4.78, 5) is 38.0. The van der Waals surface area contributed by atoms with E-state index in [4.69, 9.17) is 0 Å². The molecular weight excluding hydrogens is 532 g/mol. The fourth-order valence-corrected chi connectivity index (χ4v) is 6.82. The number of Topliss-reactive ketones (excluding diaryl/α,β-unsaturated/α-hetero) is 1. The molecule has 11 heteroatoms. The zero-order chi connectivity index (χ0) is 28.7. The second-order valence-electron chi connectivity index (χ2n) is 11.7. The minimum atomic E-state index is -2.89. The lowest BCUT2D eigenvalue weighted by molar-refractivity contribution is -0.144. The maximum Gasteiger partial charge on any atom is 0.328 e. The number of carboxylic acids is 1. The van der Waals surface area contributed by atoms with Crippen LogP contribution in [0.25, 0.3) is 11.1 Å². The maximum atomic E-state index is 12.8. The van der Waals surface area contributed by atoms with E-state index in [-0.39, 0.29) is 36.7 Å². The van der Waals surface area contributed by atoms with E-state index < -0.39 is 33.3 Å². The third-order valence-electron chi connectivity index (χ3n) is 9.27. The van der Waals surface area contributed by atoms with Crippen LogP contribution in [0.4, 0.5) is 10.5 Å². The Bertz CT molecular complexity index is 1470. The van der Waals surface area contributed by atoms with Crippen LogP contribution < -0.4 is 10.6 Å². The molecule has 212 valence electrons. The second kappa shape index (κ2) is 10.8. The van der Waals surface area contributed by atoms with Gasteiger partial charge in [0, 0.05) is 36.4 Å². The predicted octanol–water partition coefficient (Wildman–Crippen LogP) is 4.31. The van der Waals surface area contributed by atoms with Crippen LogP contribution in [-0.4, -0.2) is 54.9 Å². The number of anilines is 1. The number of hydrogen-bond donors (Lipinski definition) is 3. The van der Waals surface area contributed by atoms with Gasteiger partial charge in [-0.05, 0) is 54.2 Å². The molecular formula is C29H34N4O6S. The minimum absolute atomic E-state index is 0.0296. The highest BCUT2D eigenvalue weighted by molar-refractivity contribution is 7.61. The van der Waals surface area contributed by atoms with E-state index >= 15 is 0 Å². The standard InChI is InChI=1S/C29H34N4O6S/c1-28-13-12-20(16-25(28)34)29(28,2)17-33(32-40(38)39)24(26(35)36)15-18-8-11-22(19-6-4-3-5-7-19)23(14-18)31-27(37)30-21-9-10-21/h3-8,11,14,20-21,24H,9-10,12-13,15-17H2,1-2H3,(H,35,36)(H2,30,31,37)/t20-,24-,28+,29-/m0/s1. The van der Waals surface area contributed by atoms with E-state index in [0.29, 0.717) is 24.1 Å². The predicted molar refractivity (Wildman–Crippen MR) is 149 cm³/mol. The average molecular weight is 567 g/mol. The van der Waals surface area contributed by atoms with Crippen molar-refractivity contribution in [3.05, 3.63) is 54.1 Å². The van der Waals surface area contributed by atoms with Crippen LogP contribution >= 0.6 is 0 Å². The molecule has 4 atom stereocenters. The summed E-state index contributed by atoms with van der Waals surface area (Å²) in [5.74, 6) is -1.05. The number of nitrogens with zero attached hydrogens (tertiary/aromatic N) is 2. The molecule has 0 unspecified atom stereocenters. The highest BCUT2D eigenvalue weighted by Crippen LogP contribution is 2.64. The second-order valence-corrected chi connectivity index (χ2v) is 12.3. The number of fused-ring (bicyclic) bond motifs is 2. The van der Waals surface area contributed by atoms with E-state index in [2.05, 4.69) is 15.1 Å². The molecule has 3 fully saturated rings. The summed E-state index contributed by atoms with van der Waals surface area (Å²) < 4.78 is 27.2. The molecule has 3 aliphatic carbocycles. The van der Waals surface area contributed by atoms with Crippen molar-refractivity contribution in [3.63, 3.8) is 0 Å². The first-order valence-corrected chi connectivity index (χ1v) is 14.6. The first-order valence-electron chi connectivity index (χ1n) is 13.6. The highest BCUT2D eigenvalue weighted by Gasteiger charge is 2.64. The number of benzene rings is 2. The van der Waals surface area contributed by atoms with Crippen molar-refractivity contribution in [2.45, 2.75) is 64.5 Å². The Morgan fingerprint density at radius 1 is 1.12 bits per heavy atom. The smallest absolute Gasteiger partial charge is 0.328 e. The van der Waals surface area contributed by atoms with Crippen molar-refractivity contribution in [3.8, 4) is 11.1 Å². The molecule has 40 heavy (non-hydrogen) atoms. The van der Waals surface area contributed by atoms with Crippen LogP contribution in [0, 0.1) is 16.7 Å². The van der Waals surface area contributed by atoms with Crippen molar-refractivity contribution >= 4 is 34.0 Å². The summed E-state index contributed by atoms with van der Waals surface area (Å²) >= 11 is 0. The van der Waals surface area contributed by atoms with Crippen molar-refractivity contribution in [1.29, 1.82) is 0 Å². The Balaban J connectivity index is 1.46. The monoisotopic (exact) mass is 566 g/mol. The van der Waals surface area contributed by atoms with E-state index in [1.807, 2.05) is 50.2 Å². The van der Waals surface area contributed by atoms with Gasteiger partial charge in [-0.25, -0.2) is 4.79 Å². The van der Waals surface area contributed by atoms with Crippen molar-refractivity contribution in [2.24, 2.45) is 21.2 Å². The molecule has 3 aliphatic rings. The largest absolute Gasteiger partial charge is 0.480 e. The lowest BCUT2D eigenvalue weighted by Gasteiger charge is -2.40. The average Bonchev–Trinajstić information content (AvgIpc) is 3.65. The molecule has 2 aromatic carbocycles. The molecule has 2 bridgehead atoms. The van der Waals surface area contributed by atoms with Crippen molar-refractivity contribution in [2.75, 3.05) is 11.9 Å². The van der Waals surface area contributed by atoms with Gasteiger partial charge in [0.2, 0.25) is 0 Å². The van der Waals surface area contributed by atoms with Crippen LogP contribution in [0.3, 0.4) is 0 Å². The number of carboxylic acid groups (broad SMARTS) is 1. The number of nitrogens with one attached hydrogen (secondary N) is 2. The summed E-state index contributed by atoms with van der Waals surface area (Å²) in [6.07, 6.45) is 3.75. The normalized spacial score (nSPS) is 26.0. The van der Waals surface area contributed by atoms with E-state index in [9.17, 15) is 27.9 Å². The Labute approximate surface area is 234 Å². The quantitative estimate of drug-likeness (QED) is 0.363. The van der Waals surface area contributed by atoms with E-state index in [0.717, 1.165) is 35.4 Å². The number of urea groups is 1. The number of carbonyl (C=O) groups is 3. The van der Waals surface area contributed by atoms with E-state index in [1.165, 1.54) is 0 Å². The van der Waals surface area contributed by atoms with Gasteiger partial charge in [-0.3, -0.25) is 9.59 Å². The Morgan fingerprint density at radius 2 is 1.85 bits per heavy atom. The first kappa shape index (κ1) is 28.0. The summed E-state index contributed by atoms with van der Waals surface area (Å²) in [5.41, 5.74) is 1.50. The number of amides is 2. The van der Waals surface area contributed by atoms with Gasteiger partial charge in [-0.1, -0.05) is 60.8 Å². The maximum absolute atomic E-state index is 12.8. The Hall–Kier alpha value is -3.57. The Kier molecular flexibility index (Phi) is 7.54. The zero-order valence-electron chi connectivity index (χ0n) is 22.6. The number of aliphatic carboxylic acids is 1. The van der Waals surface area contributed by atoms with Gasteiger partial charge in [-0.2, -0.15) is 13.4 Å². The third-order valence-corrected chi connectivity index (χ3v) is 9.61. The van der Waals surface area contributed by atoms with Gasteiger partial charge in [0.25, 0.3) is 0 Å². The number of carbonyl (C=O) groups excluding carboxylic acids is 2. The molecule has 0 aliphatic heterocycles. The fourth-order valence-electron chi connectivity index (χ4n) is 6.48. The molecule has 0 spiro atoms. The molecule has 2 amide bonds. The lowest BCUT2D eigenvalue weighted by atomic mass is 9.68. The first-order chi connectivity index (χ1) is 19.0. The number of ketones is 1. The lowest BCUT2D eigenvalue weighted by Crippen LogP contribution is -2.49. The fraction of sp³-hybridized carbons (Fsp3) is 0.483. The number of hydrogen-bond acceptors (Lipinski definition) is 6. The molecule has 0 saturated heterocycles. The third kappa shape index (κ3) is 5.40. The van der Waals surface area contributed by atoms with Gasteiger partial charge in [0.1, 0.15) is 11.8 Å². The van der Waals surface area contributed by atoms with Crippen LogP contribution in [0.1, 0.15) is 51.5 Å². The van der Waals surface area contributed by atoms with E-state index in [1.54, 1.807) is 12.1 Å². The van der Waals surface area contributed by atoms with Crippen molar-refractivity contribution < 1.29 is 27.9 Å². The highest BCUT2D eigenvalue weighted by atomic mass is 32.2. The SMILES string of the molecule is C[C@]1(CN(N=S(=O)=O)[C@@H](Cc2ccc(-c3ccccc3)c(NC(=O)NC3CC3)c2)C(=O)O)[C@H]2CC[C@]1(C)C(=O)C2. The summed E-state index contributed by atoms with van der Waals surface area (Å²) in [6, 6.07) is 13.4. The molecule has 3 N–H and O–H groups in total. The summed E-state index contributed by atoms with van der Waals surface area (Å²) in [6.45, 7) is 3.87. The molecule has 0 radical (unpaired) electrons. The van der Waals surface area contributed by atoms with Gasteiger partial charge in [-0.15, -0.1) is 0 Å². The molecule has 5 rings (SSSR count). The van der Waals surface area contributed by atoms with Crippen LogP contribution in [-0.2, 0) is 26.5 Å². The molecule has 2 aromatic rings. The Morgan fingerprint density at radius 3 is 2.42 bits per heavy atom. The minimum Gasteiger partial charge on any atom is -0.480 e.